The Labute approximate surface area is 117 Å². The summed E-state index contributed by atoms with van der Waals surface area (Å²) in [4.78, 5) is 11.9. The van der Waals surface area contributed by atoms with Gasteiger partial charge in [-0.1, -0.05) is 41.9 Å². The second kappa shape index (κ2) is 5.72. The minimum absolute atomic E-state index is 0.0848. The molecule has 0 saturated heterocycles. The number of benzene rings is 2. The van der Waals surface area contributed by atoms with Crippen molar-refractivity contribution in [2.24, 2.45) is 0 Å². The van der Waals surface area contributed by atoms with Gasteiger partial charge in [-0.05, 0) is 42.3 Å². The zero-order valence-electron chi connectivity index (χ0n) is 10.4. The van der Waals surface area contributed by atoms with Crippen molar-refractivity contribution in [3.05, 3.63) is 70.3 Å². The van der Waals surface area contributed by atoms with Crippen molar-refractivity contribution in [3.63, 3.8) is 0 Å². The van der Waals surface area contributed by atoms with Crippen LogP contribution in [0.2, 0.25) is 5.02 Å². The third-order valence-electron chi connectivity index (χ3n) is 2.74. The van der Waals surface area contributed by atoms with Gasteiger partial charge in [-0.3, -0.25) is 4.79 Å². The predicted octanol–water partition coefficient (Wildman–Crippen LogP) is 4.25. The molecule has 0 bridgehead atoms. The SMILES string of the molecule is Cc1cc(/C=C/C(=O)c2cccc(O)c2)ccc1Cl. The van der Waals surface area contributed by atoms with Crippen molar-refractivity contribution in [2.75, 3.05) is 0 Å². The summed E-state index contributed by atoms with van der Waals surface area (Å²) >= 11 is 5.94. The molecule has 0 spiro atoms. The molecule has 19 heavy (non-hydrogen) atoms. The van der Waals surface area contributed by atoms with E-state index in [0.29, 0.717) is 10.6 Å². The fourth-order valence-corrected chi connectivity index (χ4v) is 1.82. The number of allylic oxidation sites excluding steroid dienone is 1. The quantitative estimate of drug-likeness (QED) is 0.670. The van der Waals surface area contributed by atoms with E-state index in [0.717, 1.165) is 11.1 Å². The van der Waals surface area contributed by atoms with Gasteiger partial charge in [-0.15, -0.1) is 0 Å². The summed E-state index contributed by atoms with van der Waals surface area (Å²) in [5.41, 5.74) is 2.34. The molecule has 1 N–H and O–H groups in total. The number of phenols is 1. The number of rotatable bonds is 3. The molecule has 0 radical (unpaired) electrons. The Morgan fingerprint density at radius 3 is 2.68 bits per heavy atom. The van der Waals surface area contributed by atoms with E-state index < -0.39 is 0 Å². The maximum absolute atomic E-state index is 11.9. The first-order valence-corrected chi connectivity index (χ1v) is 6.21. The van der Waals surface area contributed by atoms with Crippen molar-refractivity contribution in [1.29, 1.82) is 0 Å². The summed E-state index contributed by atoms with van der Waals surface area (Å²) in [5, 5.41) is 10.0. The number of phenolic OH excluding ortho intramolecular Hbond substituents is 1. The average Bonchev–Trinajstić information content (AvgIpc) is 2.40. The highest BCUT2D eigenvalue weighted by molar-refractivity contribution is 6.31. The van der Waals surface area contributed by atoms with Crippen LogP contribution in [-0.4, -0.2) is 10.9 Å². The zero-order valence-corrected chi connectivity index (χ0v) is 11.2. The largest absolute Gasteiger partial charge is 0.508 e. The number of halogens is 1. The number of hydrogen-bond donors (Lipinski definition) is 1. The van der Waals surface area contributed by atoms with Crippen LogP contribution in [0.4, 0.5) is 0 Å². The lowest BCUT2D eigenvalue weighted by Crippen LogP contribution is -1.93. The summed E-state index contributed by atoms with van der Waals surface area (Å²) in [6.07, 6.45) is 3.22. The second-order valence-corrected chi connectivity index (χ2v) is 4.66. The summed E-state index contributed by atoms with van der Waals surface area (Å²) in [7, 11) is 0. The Bertz CT molecular complexity index is 645. The monoisotopic (exact) mass is 272 g/mol. The molecule has 0 aliphatic rings. The van der Waals surface area contributed by atoms with Crippen LogP contribution in [0.3, 0.4) is 0 Å². The van der Waals surface area contributed by atoms with Gasteiger partial charge in [0.05, 0.1) is 0 Å². The molecule has 3 heteroatoms. The lowest BCUT2D eigenvalue weighted by Gasteiger charge is -1.99. The molecule has 0 heterocycles. The van der Waals surface area contributed by atoms with Gasteiger partial charge in [-0.2, -0.15) is 0 Å². The van der Waals surface area contributed by atoms with Crippen LogP contribution >= 0.6 is 11.6 Å². The standard InChI is InChI=1S/C16H13ClO2/c1-11-9-12(5-7-15(11)17)6-8-16(19)13-3-2-4-14(18)10-13/h2-10,18H,1H3/b8-6+. The smallest absolute Gasteiger partial charge is 0.185 e. The van der Waals surface area contributed by atoms with Crippen LogP contribution in [0.1, 0.15) is 21.5 Å². The van der Waals surface area contributed by atoms with Gasteiger partial charge in [0.15, 0.2) is 5.78 Å². The van der Waals surface area contributed by atoms with Crippen molar-refractivity contribution >= 4 is 23.5 Å². The van der Waals surface area contributed by atoms with Gasteiger partial charge in [0.1, 0.15) is 5.75 Å². The van der Waals surface area contributed by atoms with E-state index in [-0.39, 0.29) is 11.5 Å². The van der Waals surface area contributed by atoms with Gasteiger partial charge in [-0.25, -0.2) is 0 Å². The normalized spacial score (nSPS) is 10.8. The molecule has 2 aromatic carbocycles. The van der Waals surface area contributed by atoms with E-state index in [9.17, 15) is 9.90 Å². The van der Waals surface area contributed by atoms with E-state index in [1.165, 1.54) is 18.2 Å². The number of aromatic hydroxyl groups is 1. The molecule has 2 aromatic rings. The minimum Gasteiger partial charge on any atom is -0.508 e. The lowest BCUT2D eigenvalue weighted by molar-refractivity contribution is 0.104. The Morgan fingerprint density at radius 2 is 2.00 bits per heavy atom. The molecule has 2 nitrogen and oxygen atoms in total. The van der Waals surface area contributed by atoms with Crippen molar-refractivity contribution in [2.45, 2.75) is 6.92 Å². The highest BCUT2D eigenvalue weighted by Crippen LogP contribution is 2.17. The number of aryl methyl sites for hydroxylation is 1. The molecule has 0 aromatic heterocycles. The third kappa shape index (κ3) is 3.46. The third-order valence-corrected chi connectivity index (χ3v) is 3.16. The summed E-state index contributed by atoms with van der Waals surface area (Å²) in [6, 6.07) is 11.8. The zero-order chi connectivity index (χ0) is 13.8. The van der Waals surface area contributed by atoms with E-state index >= 15 is 0 Å². The van der Waals surface area contributed by atoms with Crippen LogP contribution in [-0.2, 0) is 0 Å². The second-order valence-electron chi connectivity index (χ2n) is 4.26. The lowest BCUT2D eigenvalue weighted by atomic mass is 10.1. The molecular weight excluding hydrogens is 260 g/mol. The fourth-order valence-electron chi connectivity index (χ4n) is 1.70. The first-order valence-electron chi connectivity index (χ1n) is 5.84. The average molecular weight is 273 g/mol. The van der Waals surface area contributed by atoms with Gasteiger partial charge < -0.3 is 5.11 Å². The van der Waals surface area contributed by atoms with E-state index in [1.807, 2.05) is 19.1 Å². The fraction of sp³-hybridized carbons (Fsp3) is 0.0625. The molecule has 96 valence electrons. The molecule has 0 unspecified atom stereocenters. The molecule has 0 aliphatic heterocycles. The first kappa shape index (κ1) is 13.4. The molecule has 0 fully saturated rings. The van der Waals surface area contributed by atoms with Crippen molar-refractivity contribution in [1.82, 2.24) is 0 Å². The van der Waals surface area contributed by atoms with Gasteiger partial charge in [0.25, 0.3) is 0 Å². The highest BCUT2D eigenvalue weighted by atomic mass is 35.5. The summed E-state index contributed by atoms with van der Waals surface area (Å²) < 4.78 is 0. The molecule has 2 rings (SSSR count). The number of ketones is 1. The van der Waals surface area contributed by atoms with Crippen LogP contribution < -0.4 is 0 Å². The minimum atomic E-state index is -0.150. The van der Waals surface area contributed by atoms with Gasteiger partial charge >= 0.3 is 0 Å². The van der Waals surface area contributed by atoms with E-state index in [4.69, 9.17) is 11.6 Å². The number of hydrogen-bond acceptors (Lipinski definition) is 2. The molecule has 0 atom stereocenters. The Morgan fingerprint density at radius 1 is 1.21 bits per heavy atom. The topological polar surface area (TPSA) is 37.3 Å². The van der Waals surface area contributed by atoms with Crippen LogP contribution in [0.5, 0.6) is 5.75 Å². The maximum Gasteiger partial charge on any atom is 0.185 e. The Hall–Kier alpha value is -2.06. The van der Waals surface area contributed by atoms with E-state index in [1.54, 1.807) is 24.3 Å². The van der Waals surface area contributed by atoms with Gasteiger partial charge in [0, 0.05) is 10.6 Å². The van der Waals surface area contributed by atoms with Crippen LogP contribution in [0.25, 0.3) is 6.08 Å². The highest BCUT2D eigenvalue weighted by Gasteiger charge is 2.02. The first-order chi connectivity index (χ1) is 9.06. The van der Waals surface area contributed by atoms with Crippen LogP contribution in [0.15, 0.2) is 48.5 Å². The van der Waals surface area contributed by atoms with Crippen LogP contribution in [0, 0.1) is 6.92 Å². The Kier molecular flexibility index (Phi) is 4.03. The molecule has 0 aliphatic carbocycles. The van der Waals surface area contributed by atoms with E-state index in [2.05, 4.69) is 0 Å². The molecule has 0 amide bonds. The molecule has 0 saturated carbocycles. The summed E-state index contributed by atoms with van der Waals surface area (Å²) in [6.45, 7) is 1.91. The number of carbonyl (C=O) groups is 1. The maximum atomic E-state index is 11.9. The van der Waals surface area contributed by atoms with Crippen molar-refractivity contribution in [3.8, 4) is 5.75 Å². The summed E-state index contributed by atoms with van der Waals surface area (Å²) in [5.74, 6) is -0.0647. The molecular formula is C16H13ClO2. The number of carbonyl (C=O) groups excluding carboxylic acids is 1. The Balaban J connectivity index is 2.18. The predicted molar refractivity (Wildman–Crippen MR) is 77.7 cm³/mol. The van der Waals surface area contributed by atoms with Gasteiger partial charge in [0.2, 0.25) is 0 Å². The van der Waals surface area contributed by atoms with Crippen molar-refractivity contribution < 1.29 is 9.90 Å².